The molecule has 0 amide bonds. The summed E-state index contributed by atoms with van der Waals surface area (Å²) >= 11 is 3.43. The second-order valence-electron chi connectivity index (χ2n) is 5.11. The number of pyridine rings is 1. The first kappa shape index (κ1) is 14.1. The van der Waals surface area contributed by atoms with E-state index in [1.165, 1.54) is 5.56 Å². The minimum atomic E-state index is 0.518. The SMILES string of the molecule is CC(CCNc1nc2ccc(Br)cn2n1)c1ccccc1. The highest BCUT2D eigenvalue weighted by atomic mass is 79.9. The molecule has 0 aliphatic carbocycles. The summed E-state index contributed by atoms with van der Waals surface area (Å²) in [6, 6.07) is 14.5. The Balaban J connectivity index is 1.59. The van der Waals surface area contributed by atoms with Crippen LogP contribution in [0.25, 0.3) is 5.65 Å². The predicted octanol–water partition coefficient (Wildman–Crippen LogP) is 4.10. The van der Waals surface area contributed by atoms with Gasteiger partial charge in [0, 0.05) is 17.2 Å². The Morgan fingerprint density at radius 2 is 2.00 bits per heavy atom. The zero-order valence-corrected chi connectivity index (χ0v) is 13.4. The van der Waals surface area contributed by atoms with E-state index in [-0.39, 0.29) is 0 Å². The van der Waals surface area contributed by atoms with Gasteiger partial charge in [-0.25, -0.2) is 4.52 Å². The third kappa shape index (κ3) is 3.42. The molecule has 1 N–H and O–H groups in total. The van der Waals surface area contributed by atoms with Gasteiger partial charge in [-0.2, -0.15) is 4.98 Å². The molecule has 4 nitrogen and oxygen atoms in total. The van der Waals surface area contributed by atoms with Crippen LogP contribution in [0.3, 0.4) is 0 Å². The van der Waals surface area contributed by atoms with Gasteiger partial charge in [0.2, 0.25) is 5.95 Å². The molecule has 2 heterocycles. The average Bonchev–Trinajstić information content (AvgIpc) is 2.89. The first-order valence-electron chi connectivity index (χ1n) is 7.03. The third-order valence-electron chi connectivity index (χ3n) is 3.52. The maximum absolute atomic E-state index is 4.44. The number of rotatable bonds is 5. The quantitative estimate of drug-likeness (QED) is 0.757. The Morgan fingerprint density at radius 3 is 2.81 bits per heavy atom. The number of hydrogen-bond donors (Lipinski definition) is 1. The normalized spacial score (nSPS) is 12.5. The summed E-state index contributed by atoms with van der Waals surface area (Å²) in [5, 5.41) is 7.70. The van der Waals surface area contributed by atoms with Crippen LogP contribution in [-0.2, 0) is 0 Å². The van der Waals surface area contributed by atoms with Crippen LogP contribution in [0.2, 0.25) is 0 Å². The van der Waals surface area contributed by atoms with E-state index in [2.05, 4.69) is 62.5 Å². The Bertz CT molecular complexity index is 723. The summed E-state index contributed by atoms with van der Waals surface area (Å²) in [5.74, 6) is 1.19. The first-order chi connectivity index (χ1) is 10.2. The molecule has 0 bridgehead atoms. The van der Waals surface area contributed by atoms with E-state index in [0.717, 1.165) is 23.1 Å². The molecule has 1 aromatic carbocycles. The summed E-state index contributed by atoms with van der Waals surface area (Å²) in [5.41, 5.74) is 2.21. The highest BCUT2D eigenvalue weighted by Gasteiger charge is 2.06. The third-order valence-corrected chi connectivity index (χ3v) is 3.99. The fourth-order valence-electron chi connectivity index (χ4n) is 2.28. The van der Waals surface area contributed by atoms with E-state index in [1.54, 1.807) is 4.52 Å². The summed E-state index contributed by atoms with van der Waals surface area (Å²) in [7, 11) is 0. The number of hydrogen-bond acceptors (Lipinski definition) is 3. The van der Waals surface area contributed by atoms with E-state index in [4.69, 9.17) is 0 Å². The van der Waals surface area contributed by atoms with Gasteiger partial charge in [-0.3, -0.25) is 0 Å². The van der Waals surface area contributed by atoms with Crippen LogP contribution >= 0.6 is 15.9 Å². The second-order valence-corrected chi connectivity index (χ2v) is 6.03. The van der Waals surface area contributed by atoms with Crippen molar-refractivity contribution in [3.63, 3.8) is 0 Å². The lowest BCUT2D eigenvalue weighted by molar-refractivity contribution is 0.703. The molecule has 3 aromatic rings. The first-order valence-corrected chi connectivity index (χ1v) is 7.82. The van der Waals surface area contributed by atoms with E-state index in [1.807, 2.05) is 24.4 Å². The van der Waals surface area contributed by atoms with Crippen LogP contribution in [0.15, 0.2) is 53.1 Å². The summed E-state index contributed by atoms with van der Waals surface area (Å²) in [4.78, 5) is 4.44. The molecular formula is C16H17BrN4. The Hall–Kier alpha value is -1.88. The molecule has 1 unspecified atom stereocenters. The Labute approximate surface area is 132 Å². The summed E-state index contributed by atoms with van der Waals surface area (Å²) in [6.45, 7) is 3.10. The van der Waals surface area contributed by atoms with Crippen LogP contribution in [-0.4, -0.2) is 21.1 Å². The summed E-state index contributed by atoms with van der Waals surface area (Å²) < 4.78 is 2.76. The second kappa shape index (κ2) is 6.26. The molecule has 0 saturated heterocycles. The van der Waals surface area contributed by atoms with Crippen LogP contribution in [0.1, 0.15) is 24.8 Å². The van der Waals surface area contributed by atoms with Crippen molar-refractivity contribution in [1.82, 2.24) is 14.6 Å². The molecule has 0 aliphatic rings. The van der Waals surface area contributed by atoms with E-state index < -0.39 is 0 Å². The number of fused-ring (bicyclic) bond motifs is 1. The molecule has 0 aliphatic heterocycles. The number of nitrogens with one attached hydrogen (secondary N) is 1. The lowest BCUT2D eigenvalue weighted by atomic mass is 9.98. The minimum absolute atomic E-state index is 0.518. The van der Waals surface area contributed by atoms with Crippen molar-refractivity contribution < 1.29 is 0 Å². The van der Waals surface area contributed by atoms with Crippen molar-refractivity contribution in [2.45, 2.75) is 19.3 Å². The fraction of sp³-hybridized carbons (Fsp3) is 0.250. The molecule has 0 saturated carbocycles. The van der Waals surface area contributed by atoms with Gasteiger partial charge in [-0.15, -0.1) is 5.10 Å². The van der Waals surface area contributed by atoms with Gasteiger partial charge >= 0.3 is 0 Å². The van der Waals surface area contributed by atoms with Crippen molar-refractivity contribution in [3.8, 4) is 0 Å². The molecule has 108 valence electrons. The highest BCUT2D eigenvalue weighted by Crippen LogP contribution is 2.18. The molecule has 1 atom stereocenters. The average molecular weight is 345 g/mol. The molecular weight excluding hydrogens is 328 g/mol. The maximum Gasteiger partial charge on any atom is 0.243 e. The van der Waals surface area contributed by atoms with Crippen LogP contribution in [0, 0.1) is 0 Å². The van der Waals surface area contributed by atoms with E-state index >= 15 is 0 Å². The van der Waals surface area contributed by atoms with Crippen molar-refractivity contribution in [2.75, 3.05) is 11.9 Å². The maximum atomic E-state index is 4.44. The van der Waals surface area contributed by atoms with Crippen molar-refractivity contribution in [2.24, 2.45) is 0 Å². The van der Waals surface area contributed by atoms with Gasteiger partial charge in [0.15, 0.2) is 5.65 Å². The molecule has 21 heavy (non-hydrogen) atoms. The standard InChI is InChI=1S/C16H17BrN4/c1-12(13-5-3-2-4-6-13)9-10-18-16-19-15-8-7-14(17)11-21(15)20-16/h2-8,11-12H,9-10H2,1H3,(H,18,20). The number of anilines is 1. The van der Waals surface area contributed by atoms with E-state index in [0.29, 0.717) is 11.9 Å². The molecule has 0 radical (unpaired) electrons. The van der Waals surface area contributed by atoms with Crippen molar-refractivity contribution in [1.29, 1.82) is 0 Å². The van der Waals surface area contributed by atoms with Crippen molar-refractivity contribution in [3.05, 3.63) is 58.7 Å². The van der Waals surface area contributed by atoms with Crippen molar-refractivity contribution >= 4 is 27.5 Å². The van der Waals surface area contributed by atoms with Gasteiger partial charge in [-0.1, -0.05) is 37.3 Å². The topological polar surface area (TPSA) is 42.2 Å². The van der Waals surface area contributed by atoms with Gasteiger partial charge in [0.25, 0.3) is 0 Å². The predicted molar refractivity (Wildman–Crippen MR) is 88.7 cm³/mol. The highest BCUT2D eigenvalue weighted by molar-refractivity contribution is 9.10. The van der Waals surface area contributed by atoms with Gasteiger partial charge in [-0.05, 0) is 46.0 Å². The zero-order valence-electron chi connectivity index (χ0n) is 11.8. The monoisotopic (exact) mass is 344 g/mol. The molecule has 0 fully saturated rings. The molecule has 0 spiro atoms. The van der Waals surface area contributed by atoms with Crippen LogP contribution in [0.4, 0.5) is 5.95 Å². The lowest BCUT2D eigenvalue weighted by Gasteiger charge is -2.11. The molecule has 3 rings (SSSR count). The van der Waals surface area contributed by atoms with Crippen LogP contribution < -0.4 is 5.32 Å². The zero-order chi connectivity index (χ0) is 14.7. The number of halogens is 1. The smallest absolute Gasteiger partial charge is 0.243 e. The summed E-state index contributed by atoms with van der Waals surface area (Å²) in [6.07, 6.45) is 2.95. The minimum Gasteiger partial charge on any atom is -0.353 e. The fourth-order valence-corrected chi connectivity index (χ4v) is 2.61. The van der Waals surface area contributed by atoms with Crippen LogP contribution in [0.5, 0.6) is 0 Å². The van der Waals surface area contributed by atoms with Gasteiger partial charge < -0.3 is 5.32 Å². The largest absolute Gasteiger partial charge is 0.353 e. The lowest BCUT2D eigenvalue weighted by Crippen LogP contribution is -2.07. The number of aromatic nitrogens is 3. The molecule has 5 heteroatoms. The number of nitrogens with zero attached hydrogens (tertiary/aromatic N) is 3. The van der Waals surface area contributed by atoms with E-state index in [9.17, 15) is 0 Å². The van der Waals surface area contributed by atoms with Gasteiger partial charge in [0.05, 0.1) is 0 Å². The molecule has 2 aromatic heterocycles. The number of benzene rings is 1. The van der Waals surface area contributed by atoms with Gasteiger partial charge in [0.1, 0.15) is 0 Å². The Morgan fingerprint density at radius 1 is 1.19 bits per heavy atom. The Kier molecular flexibility index (Phi) is 4.20.